The molecule has 174 valence electrons. The van der Waals surface area contributed by atoms with Gasteiger partial charge in [0.15, 0.2) is 10.2 Å². The molecular formula is C25H20N6OS3. The zero-order valence-electron chi connectivity index (χ0n) is 18.4. The Bertz CT molecular complexity index is 1330. The lowest BCUT2D eigenvalue weighted by molar-refractivity contribution is -0.113. The summed E-state index contributed by atoms with van der Waals surface area (Å²) in [4.78, 5) is 17.2. The van der Waals surface area contributed by atoms with Crippen molar-refractivity contribution in [3.63, 3.8) is 0 Å². The SMILES string of the molecule is O=C(CSc1nc(-c2ccccc2)n(-c2ccccc2)n1)Nc1nnc(SCc2ccccc2)s1. The van der Waals surface area contributed by atoms with Crippen LogP contribution in [0.25, 0.3) is 17.1 Å². The predicted octanol–water partition coefficient (Wildman–Crippen LogP) is 5.81. The van der Waals surface area contributed by atoms with E-state index in [2.05, 4.69) is 32.7 Å². The van der Waals surface area contributed by atoms with E-state index in [1.807, 2.05) is 78.9 Å². The molecule has 35 heavy (non-hydrogen) atoms. The number of para-hydroxylation sites is 1. The Morgan fingerprint density at radius 2 is 1.54 bits per heavy atom. The highest BCUT2D eigenvalue weighted by molar-refractivity contribution is 8.00. The molecule has 0 bridgehead atoms. The Kier molecular flexibility index (Phi) is 7.52. The van der Waals surface area contributed by atoms with Gasteiger partial charge in [0.05, 0.1) is 11.4 Å². The normalized spacial score (nSPS) is 10.9. The van der Waals surface area contributed by atoms with Crippen molar-refractivity contribution in [1.82, 2.24) is 25.0 Å². The van der Waals surface area contributed by atoms with E-state index < -0.39 is 0 Å². The number of amides is 1. The van der Waals surface area contributed by atoms with Crippen molar-refractivity contribution < 1.29 is 4.79 Å². The van der Waals surface area contributed by atoms with Crippen LogP contribution in [0.4, 0.5) is 5.13 Å². The van der Waals surface area contributed by atoms with Gasteiger partial charge in [-0.1, -0.05) is 114 Å². The fraction of sp³-hybridized carbons (Fsp3) is 0.0800. The van der Waals surface area contributed by atoms with E-state index in [1.165, 1.54) is 28.7 Å². The molecule has 0 atom stereocenters. The van der Waals surface area contributed by atoms with Crippen molar-refractivity contribution in [2.24, 2.45) is 0 Å². The van der Waals surface area contributed by atoms with E-state index in [1.54, 1.807) is 16.4 Å². The number of hydrogen-bond acceptors (Lipinski definition) is 8. The number of hydrogen-bond donors (Lipinski definition) is 1. The fourth-order valence-corrected chi connectivity index (χ4v) is 5.55. The first-order valence-corrected chi connectivity index (χ1v) is 13.5. The molecule has 0 aliphatic heterocycles. The summed E-state index contributed by atoms with van der Waals surface area (Å²) >= 11 is 4.25. The van der Waals surface area contributed by atoms with Gasteiger partial charge >= 0.3 is 0 Å². The second kappa shape index (κ2) is 11.3. The highest BCUT2D eigenvalue weighted by Gasteiger charge is 2.16. The maximum atomic E-state index is 12.5. The summed E-state index contributed by atoms with van der Waals surface area (Å²) < 4.78 is 2.61. The predicted molar refractivity (Wildman–Crippen MR) is 142 cm³/mol. The summed E-state index contributed by atoms with van der Waals surface area (Å²) in [6.45, 7) is 0. The molecule has 2 heterocycles. The number of thioether (sulfide) groups is 2. The number of carbonyl (C=O) groups is 1. The zero-order valence-corrected chi connectivity index (χ0v) is 20.9. The molecule has 5 rings (SSSR count). The second-order valence-electron chi connectivity index (χ2n) is 7.32. The summed E-state index contributed by atoms with van der Waals surface area (Å²) in [6, 6.07) is 29.9. The molecule has 3 aromatic carbocycles. The minimum atomic E-state index is -0.178. The van der Waals surface area contributed by atoms with Crippen LogP contribution in [-0.4, -0.2) is 36.6 Å². The summed E-state index contributed by atoms with van der Waals surface area (Å²) in [6.07, 6.45) is 0. The molecule has 0 aliphatic carbocycles. The van der Waals surface area contributed by atoms with Crippen LogP contribution in [0.5, 0.6) is 0 Å². The van der Waals surface area contributed by atoms with Crippen LogP contribution in [-0.2, 0) is 10.5 Å². The molecule has 7 nitrogen and oxygen atoms in total. The van der Waals surface area contributed by atoms with E-state index in [-0.39, 0.29) is 11.7 Å². The van der Waals surface area contributed by atoms with Crippen molar-refractivity contribution in [2.45, 2.75) is 15.2 Å². The molecule has 10 heteroatoms. The lowest BCUT2D eigenvalue weighted by Gasteiger charge is -2.05. The maximum Gasteiger partial charge on any atom is 0.236 e. The van der Waals surface area contributed by atoms with Gasteiger partial charge in [-0.05, 0) is 17.7 Å². The number of anilines is 1. The van der Waals surface area contributed by atoms with E-state index in [0.717, 1.165) is 27.2 Å². The Morgan fingerprint density at radius 3 is 2.29 bits per heavy atom. The van der Waals surface area contributed by atoms with Crippen molar-refractivity contribution in [3.05, 3.63) is 96.6 Å². The third-order valence-electron chi connectivity index (χ3n) is 4.81. The lowest BCUT2D eigenvalue weighted by atomic mass is 10.2. The second-order valence-corrected chi connectivity index (χ2v) is 10.5. The summed E-state index contributed by atoms with van der Waals surface area (Å²) in [5, 5.41) is 16.7. The molecule has 0 radical (unpaired) electrons. The van der Waals surface area contributed by atoms with Crippen LogP contribution < -0.4 is 5.32 Å². The third-order valence-corrected chi connectivity index (χ3v) is 7.69. The van der Waals surface area contributed by atoms with E-state index in [9.17, 15) is 4.79 Å². The topological polar surface area (TPSA) is 85.6 Å². The Labute approximate surface area is 215 Å². The van der Waals surface area contributed by atoms with Gasteiger partial charge in [-0.25, -0.2) is 9.67 Å². The molecule has 2 aromatic heterocycles. The molecule has 0 unspecified atom stereocenters. The number of rotatable bonds is 9. The molecule has 1 N–H and O–H groups in total. The third kappa shape index (κ3) is 6.16. The van der Waals surface area contributed by atoms with Gasteiger partial charge in [0.25, 0.3) is 0 Å². The molecule has 1 amide bonds. The average Bonchev–Trinajstić information content (AvgIpc) is 3.55. The molecular weight excluding hydrogens is 497 g/mol. The molecule has 0 saturated heterocycles. The van der Waals surface area contributed by atoms with Crippen molar-refractivity contribution in [3.8, 4) is 17.1 Å². The average molecular weight is 517 g/mol. The van der Waals surface area contributed by atoms with Gasteiger partial charge < -0.3 is 0 Å². The van der Waals surface area contributed by atoms with Crippen molar-refractivity contribution in [1.29, 1.82) is 0 Å². The number of nitrogens with one attached hydrogen (secondary N) is 1. The number of benzene rings is 3. The van der Waals surface area contributed by atoms with Crippen molar-refractivity contribution in [2.75, 3.05) is 11.1 Å². The summed E-state index contributed by atoms with van der Waals surface area (Å²) in [7, 11) is 0. The van der Waals surface area contributed by atoms with Gasteiger partial charge in [-0.3, -0.25) is 10.1 Å². The fourth-order valence-electron chi connectivity index (χ4n) is 3.20. The van der Waals surface area contributed by atoms with Crippen LogP contribution in [0.1, 0.15) is 5.56 Å². The minimum Gasteiger partial charge on any atom is -0.300 e. The van der Waals surface area contributed by atoms with Gasteiger partial charge in [-0.2, -0.15) is 0 Å². The van der Waals surface area contributed by atoms with Crippen LogP contribution >= 0.6 is 34.9 Å². The first kappa shape index (κ1) is 23.3. The van der Waals surface area contributed by atoms with E-state index >= 15 is 0 Å². The molecule has 0 fully saturated rings. The number of nitrogens with zero attached hydrogens (tertiary/aromatic N) is 5. The zero-order chi connectivity index (χ0) is 23.9. The van der Waals surface area contributed by atoms with Crippen LogP contribution in [0.15, 0.2) is 100 Å². The first-order chi connectivity index (χ1) is 17.2. The highest BCUT2D eigenvalue weighted by atomic mass is 32.2. The van der Waals surface area contributed by atoms with Crippen molar-refractivity contribution >= 4 is 45.9 Å². The summed E-state index contributed by atoms with van der Waals surface area (Å²) in [5.41, 5.74) is 3.08. The van der Waals surface area contributed by atoms with Crippen LogP contribution in [0, 0.1) is 0 Å². The Hall–Kier alpha value is -3.47. The molecule has 0 spiro atoms. The number of carbonyl (C=O) groups excluding carboxylic acids is 1. The van der Waals surface area contributed by atoms with Crippen LogP contribution in [0.2, 0.25) is 0 Å². The molecule has 0 aliphatic rings. The quantitative estimate of drug-likeness (QED) is 0.195. The standard InChI is InChI=1S/C25H20N6OS3/c32-21(26-23-28-29-25(35-23)34-16-18-10-4-1-5-11-18)17-33-24-27-22(19-12-6-2-7-13-19)31(30-24)20-14-8-3-9-15-20/h1-15H,16-17H2,(H,26,28,32). The minimum absolute atomic E-state index is 0.166. The summed E-state index contributed by atoms with van der Waals surface area (Å²) in [5.74, 6) is 1.52. The van der Waals surface area contributed by atoms with Gasteiger partial charge in [-0.15, -0.1) is 15.3 Å². The lowest BCUT2D eigenvalue weighted by Crippen LogP contribution is -2.14. The van der Waals surface area contributed by atoms with Gasteiger partial charge in [0.1, 0.15) is 0 Å². The monoisotopic (exact) mass is 516 g/mol. The van der Waals surface area contributed by atoms with Gasteiger partial charge in [0, 0.05) is 11.3 Å². The first-order valence-electron chi connectivity index (χ1n) is 10.8. The van der Waals surface area contributed by atoms with Crippen LogP contribution in [0.3, 0.4) is 0 Å². The maximum absolute atomic E-state index is 12.5. The van der Waals surface area contributed by atoms with E-state index in [4.69, 9.17) is 4.98 Å². The Morgan fingerprint density at radius 1 is 0.857 bits per heavy atom. The largest absolute Gasteiger partial charge is 0.300 e. The van der Waals surface area contributed by atoms with E-state index in [0.29, 0.717) is 10.3 Å². The Balaban J connectivity index is 1.22. The highest BCUT2D eigenvalue weighted by Crippen LogP contribution is 2.29. The van der Waals surface area contributed by atoms with Gasteiger partial charge in [0.2, 0.25) is 16.2 Å². The smallest absolute Gasteiger partial charge is 0.236 e. The molecule has 0 saturated carbocycles. The molecule has 5 aromatic rings. The number of aromatic nitrogens is 5.